The topological polar surface area (TPSA) is 99.8 Å². The second kappa shape index (κ2) is 12.9. The van der Waals surface area contributed by atoms with Crippen LogP contribution < -0.4 is 20.7 Å². The minimum Gasteiger partial charge on any atom is -0.492 e. The molecule has 1 aromatic carbocycles. The van der Waals surface area contributed by atoms with Crippen molar-refractivity contribution in [2.24, 2.45) is 0 Å². The highest BCUT2D eigenvalue weighted by atomic mass is 19.1. The van der Waals surface area contributed by atoms with Crippen molar-refractivity contribution in [3.8, 4) is 5.75 Å². The third kappa shape index (κ3) is 8.53. The SMILES string of the molecule is CCCC[C@@H]1NCCOc2cc(F)ccc2CCCNC(=O)CNC(=O)CN(C)C1=O. The Morgan fingerprint density at radius 1 is 1.16 bits per heavy atom. The smallest absolute Gasteiger partial charge is 0.240 e. The van der Waals surface area contributed by atoms with Crippen molar-refractivity contribution in [1.82, 2.24) is 20.9 Å². The van der Waals surface area contributed by atoms with Crippen LogP contribution in [0.15, 0.2) is 18.2 Å². The first-order valence-corrected chi connectivity index (χ1v) is 10.8. The van der Waals surface area contributed by atoms with E-state index in [1.807, 2.05) is 6.92 Å². The second-order valence-corrected chi connectivity index (χ2v) is 7.67. The average Bonchev–Trinajstić information content (AvgIpc) is 2.74. The number of aryl methyl sites for hydroxylation is 1. The maximum atomic E-state index is 13.7. The van der Waals surface area contributed by atoms with Gasteiger partial charge >= 0.3 is 0 Å². The fourth-order valence-corrected chi connectivity index (χ4v) is 3.35. The first-order chi connectivity index (χ1) is 14.9. The third-order valence-corrected chi connectivity index (χ3v) is 5.07. The zero-order valence-electron chi connectivity index (χ0n) is 18.3. The molecule has 1 aromatic rings. The first kappa shape index (κ1) is 24.6. The highest BCUT2D eigenvalue weighted by Crippen LogP contribution is 2.21. The number of benzene rings is 1. The molecule has 9 heteroatoms. The molecule has 0 aliphatic carbocycles. The molecule has 0 fully saturated rings. The van der Waals surface area contributed by atoms with Crippen molar-refractivity contribution in [3.05, 3.63) is 29.6 Å². The van der Waals surface area contributed by atoms with Crippen molar-refractivity contribution in [3.63, 3.8) is 0 Å². The molecule has 2 rings (SSSR count). The predicted octanol–water partition coefficient (Wildman–Crippen LogP) is 0.990. The number of hydrogen-bond acceptors (Lipinski definition) is 5. The van der Waals surface area contributed by atoms with Gasteiger partial charge in [-0.25, -0.2) is 4.39 Å². The molecule has 1 heterocycles. The molecular formula is C22H33FN4O4. The number of ether oxygens (including phenoxy) is 1. The maximum Gasteiger partial charge on any atom is 0.240 e. The van der Waals surface area contributed by atoms with E-state index in [1.54, 1.807) is 13.1 Å². The molecule has 0 bridgehead atoms. The Bertz CT molecular complexity index is 759. The van der Waals surface area contributed by atoms with Crippen molar-refractivity contribution in [2.75, 3.05) is 39.8 Å². The number of halogens is 1. The van der Waals surface area contributed by atoms with E-state index < -0.39 is 6.04 Å². The van der Waals surface area contributed by atoms with Gasteiger partial charge in [0.05, 0.1) is 19.1 Å². The van der Waals surface area contributed by atoms with Crippen LogP contribution in [-0.2, 0) is 20.8 Å². The van der Waals surface area contributed by atoms with Crippen LogP contribution in [0.2, 0.25) is 0 Å². The van der Waals surface area contributed by atoms with Crippen LogP contribution in [0.5, 0.6) is 5.75 Å². The normalized spacial score (nSPS) is 20.0. The van der Waals surface area contributed by atoms with E-state index in [0.29, 0.717) is 38.1 Å². The molecule has 0 aromatic heterocycles. The molecule has 172 valence electrons. The van der Waals surface area contributed by atoms with E-state index in [1.165, 1.54) is 17.0 Å². The van der Waals surface area contributed by atoms with Gasteiger partial charge < -0.3 is 25.6 Å². The van der Waals surface area contributed by atoms with Crippen molar-refractivity contribution in [2.45, 2.75) is 45.1 Å². The number of unbranched alkanes of at least 4 members (excludes halogenated alkanes) is 1. The molecule has 0 radical (unpaired) electrons. The summed E-state index contributed by atoms with van der Waals surface area (Å²) in [5.41, 5.74) is 0.850. The number of fused-ring (bicyclic) bond motifs is 1. The Morgan fingerprint density at radius 3 is 2.74 bits per heavy atom. The van der Waals surface area contributed by atoms with Crippen LogP contribution in [0.1, 0.15) is 38.2 Å². The molecule has 0 saturated heterocycles. The Kier molecular flexibility index (Phi) is 10.2. The van der Waals surface area contributed by atoms with Crippen LogP contribution in [0.3, 0.4) is 0 Å². The van der Waals surface area contributed by atoms with E-state index in [2.05, 4.69) is 16.0 Å². The second-order valence-electron chi connectivity index (χ2n) is 7.67. The Balaban J connectivity index is 2.11. The van der Waals surface area contributed by atoms with E-state index >= 15 is 0 Å². The highest BCUT2D eigenvalue weighted by molar-refractivity contribution is 5.89. The van der Waals surface area contributed by atoms with E-state index in [-0.39, 0.29) is 43.2 Å². The van der Waals surface area contributed by atoms with Crippen LogP contribution in [-0.4, -0.2) is 68.5 Å². The van der Waals surface area contributed by atoms with Crippen LogP contribution in [0, 0.1) is 5.82 Å². The number of carbonyl (C=O) groups is 3. The van der Waals surface area contributed by atoms with E-state index in [4.69, 9.17) is 4.74 Å². The number of likely N-dealkylation sites (N-methyl/N-ethyl adjacent to an activating group) is 1. The van der Waals surface area contributed by atoms with Crippen molar-refractivity contribution >= 4 is 17.7 Å². The van der Waals surface area contributed by atoms with Gasteiger partial charge in [-0.3, -0.25) is 14.4 Å². The maximum absolute atomic E-state index is 13.7. The van der Waals surface area contributed by atoms with Crippen molar-refractivity contribution < 1.29 is 23.5 Å². The van der Waals surface area contributed by atoms with Gasteiger partial charge in [0.25, 0.3) is 0 Å². The lowest BCUT2D eigenvalue weighted by Crippen LogP contribution is -2.49. The molecule has 1 atom stereocenters. The van der Waals surface area contributed by atoms with Crippen LogP contribution in [0.4, 0.5) is 4.39 Å². The number of nitrogens with one attached hydrogen (secondary N) is 3. The van der Waals surface area contributed by atoms with Gasteiger partial charge in [-0.2, -0.15) is 0 Å². The lowest BCUT2D eigenvalue weighted by Gasteiger charge is -2.24. The minimum atomic E-state index is -0.449. The molecule has 3 amide bonds. The molecule has 3 N–H and O–H groups in total. The summed E-state index contributed by atoms with van der Waals surface area (Å²) < 4.78 is 19.5. The summed E-state index contributed by atoms with van der Waals surface area (Å²) in [7, 11) is 1.57. The fourth-order valence-electron chi connectivity index (χ4n) is 3.35. The molecule has 1 aliphatic heterocycles. The number of hydrogen-bond donors (Lipinski definition) is 3. The predicted molar refractivity (Wildman–Crippen MR) is 115 cm³/mol. The summed E-state index contributed by atoms with van der Waals surface area (Å²) in [6.45, 7) is 2.87. The summed E-state index contributed by atoms with van der Waals surface area (Å²) in [5.74, 6) is -0.798. The fraction of sp³-hybridized carbons (Fsp3) is 0.591. The molecule has 0 saturated carbocycles. The minimum absolute atomic E-state index is 0.125. The summed E-state index contributed by atoms with van der Waals surface area (Å²) >= 11 is 0. The summed E-state index contributed by atoms with van der Waals surface area (Å²) in [6.07, 6.45) is 3.69. The summed E-state index contributed by atoms with van der Waals surface area (Å²) in [4.78, 5) is 38.2. The highest BCUT2D eigenvalue weighted by Gasteiger charge is 2.23. The molecule has 8 nitrogen and oxygen atoms in total. The zero-order valence-corrected chi connectivity index (χ0v) is 18.3. The van der Waals surface area contributed by atoms with Crippen molar-refractivity contribution in [1.29, 1.82) is 0 Å². The van der Waals surface area contributed by atoms with Gasteiger partial charge in [-0.1, -0.05) is 25.8 Å². The zero-order chi connectivity index (χ0) is 22.6. The number of nitrogens with zero attached hydrogens (tertiary/aromatic N) is 1. The number of rotatable bonds is 3. The lowest BCUT2D eigenvalue weighted by atomic mass is 10.1. The van der Waals surface area contributed by atoms with E-state index in [0.717, 1.165) is 18.4 Å². The third-order valence-electron chi connectivity index (χ3n) is 5.07. The largest absolute Gasteiger partial charge is 0.492 e. The van der Waals surface area contributed by atoms with Gasteiger partial charge in [0, 0.05) is 26.2 Å². The van der Waals surface area contributed by atoms with Gasteiger partial charge in [-0.15, -0.1) is 0 Å². The molecule has 0 unspecified atom stereocenters. The van der Waals surface area contributed by atoms with Gasteiger partial charge in [0.15, 0.2) is 0 Å². The number of amides is 3. The molecular weight excluding hydrogens is 403 g/mol. The standard InChI is InChI=1S/C22H33FN4O4/c1-3-4-7-18-22(30)27(2)15-21(29)26-14-20(28)25-10-5-6-16-8-9-17(23)13-19(16)31-12-11-24-18/h8-9,13,18,24H,3-7,10-12,14-15H2,1-2H3,(H,25,28)(H,26,29)/t18-/m0/s1. The van der Waals surface area contributed by atoms with Crippen LogP contribution >= 0.6 is 0 Å². The van der Waals surface area contributed by atoms with Crippen LogP contribution in [0.25, 0.3) is 0 Å². The summed E-state index contributed by atoms with van der Waals surface area (Å²) in [6, 6.07) is 3.97. The quantitative estimate of drug-likeness (QED) is 0.656. The Hall–Kier alpha value is -2.68. The van der Waals surface area contributed by atoms with Gasteiger partial charge in [0.2, 0.25) is 17.7 Å². The lowest BCUT2D eigenvalue weighted by molar-refractivity contribution is -0.136. The molecule has 31 heavy (non-hydrogen) atoms. The number of carbonyl (C=O) groups excluding carboxylic acids is 3. The van der Waals surface area contributed by atoms with E-state index in [9.17, 15) is 18.8 Å². The molecule has 1 aliphatic rings. The molecule has 0 spiro atoms. The monoisotopic (exact) mass is 436 g/mol. The van der Waals surface area contributed by atoms with Gasteiger partial charge in [-0.05, 0) is 30.9 Å². The average molecular weight is 437 g/mol. The summed E-state index contributed by atoms with van der Waals surface area (Å²) in [5, 5.41) is 8.48. The Morgan fingerprint density at radius 2 is 1.97 bits per heavy atom. The van der Waals surface area contributed by atoms with Gasteiger partial charge in [0.1, 0.15) is 18.2 Å². The Labute approximate surface area is 182 Å². The first-order valence-electron chi connectivity index (χ1n) is 10.8.